The van der Waals surface area contributed by atoms with E-state index in [0.717, 1.165) is 25.3 Å². The lowest BCUT2D eigenvalue weighted by atomic mass is 10.2. The molecule has 0 aliphatic carbocycles. The quantitative estimate of drug-likeness (QED) is 0.839. The van der Waals surface area contributed by atoms with Crippen molar-refractivity contribution < 1.29 is 5.11 Å². The summed E-state index contributed by atoms with van der Waals surface area (Å²) in [6.45, 7) is 6.53. The second-order valence-corrected chi connectivity index (χ2v) is 4.79. The maximum Gasteiger partial charge on any atom is 0.123 e. The summed E-state index contributed by atoms with van der Waals surface area (Å²) in [5.41, 5.74) is 0. The van der Waals surface area contributed by atoms with Crippen molar-refractivity contribution in [3.63, 3.8) is 0 Å². The van der Waals surface area contributed by atoms with Gasteiger partial charge in [-0.2, -0.15) is 0 Å². The van der Waals surface area contributed by atoms with E-state index < -0.39 is 0 Å². The highest BCUT2D eigenvalue weighted by Crippen LogP contribution is 2.20. The molecule has 1 aliphatic rings. The molecule has 0 aromatic carbocycles. The molecule has 1 saturated heterocycles. The molecule has 1 atom stereocenters. The van der Waals surface area contributed by atoms with Crippen LogP contribution in [0.15, 0.2) is 12.4 Å². The van der Waals surface area contributed by atoms with Crippen LogP contribution in [-0.4, -0.2) is 38.8 Å². The summed E-state index contributed by atoms with van der Waals surface area (Å²) < 4.78 is 2.20. The summed E-state index contributed by atoms with van der Waals surface area (Å²) in [7, 11) is 0. The Bertz CT molecular complexity index is 335. The number of aromatic nitrogens is 2. The summed E-state index contributed by atoms with van der Waals surface area (Å²) >= 11 is 0. The molecular weight excluding hydrogens is 202 g/mol. The molecule has 1 unspecified atom stereocenters. The Labute approximate surface area is 96.9 Å². The average molecular weight is 223 g/mol. The van der Waals surface area contributed by atoms with Gasteiger partial charge in [-0.15, -0.1) is 0 Å². The predicted octanol–water partition coefficient (Wildman–Crippen LogP) is 1.42. The first-order valence-corrected chi connectivity index (χ1v) is 6.09. The van der Waals surface area contributed by atoms with Gasteiger partial charge in [0.25, 0.3) is 0 Å². The lowest BCUT2D eigenvalue weighted by Gasteiger charge is -2.23. The summed E-state index contributed by atoms with van der Waals surface area (Å²) in [4.78, 5) is 6.74. The largest absolute Gasteiger partial charge is 0.395 e. The van der Waals surface area contributed by atoms with E-state index >= 15 is 0 Å². The van der Waals surface area contributed by atoms with Gasteiger partial charge in [-0.1, -0.05) is 0 Å². The fourth-order valence-corrected chi connectivity index (χ4v) is 2.43. The Balaban J connectivity index is 2.05. The zero-order valence-corrected chi connectivity index (χ0v) is 10.1. The van der Waals surface area contributed by atoms with Crippen molar-refractivity contribution in [3.8, 4) is 0 Å². The van der Waals surface area contributed by atoms with E-state index in [4.69, 9.17) is 0 Å². The van der Waals surface area contributed by atoms with Crippen molar-refractivity contribution in [2.24, 2.45) is 0 Å². The molecule has 0 saturated carbocycles. The van der Waals surface area contributed by atoms with Crippen LogP contribution in [0.25, 0.3) is 0 Å². The van der Waals surface area contributed by atoms with Gasteiger partial charge in [-0.25, -0.2) is 4.98 Å². The molecule has 4 nitrogen and oxygen atoms in total. The molecule has 0 radical (unpaired) electrons. The van der Waals surface area contributed by atoms with Crippen LogP contribution in [0.5, 0.6) is 0 Å². The van der Waals surface area contributed by atoms with Gasteiger partial charge in [0.2, 0.25) is 0 Å². The Morgan fingerprint density at radius 2 is 2.38 bits per heavy atom. The normalized spacial score (nSPS) is 22.1. The molecule has 2 rings (SSSR count). The molecule has 1 N–H and O–H groups in total. The number of aliphatic hydroxyl groups is 1. The summed E-state index contributed by atoms with van der Waals surface area (Å²) in [6, 6.07) is 0.782. The highest BCUT2D eigenvalue weighted by Gasteiger charge is 2.24. The molecule has 4 heteroatoms. The molecule has 16 heavy (non-hydrogen) atoms. The Kier molecular flexibility index (Phi) is 3.61. The number of imidazole rings is 1. The third-order valence-corrected chi connectivity index (χ3v) is 3.36. The van der Waals surface area contributed by atoms with Gasteiger partial charge in [0.15, 0.2) is 0 Å². The van der Waals surface area contributed by atoms with Gasteiger partial charge >= 0.3 is 0 Å². The Morgan fingerprint density at radius 3 is 3.06 bits per heavy atom. The number of likely N-dealkylation sites (tertiary alicyclic amines) is 1. The first-order chi connectivity index (χ1) is 7.72. The number of hydrogen-bond donors (Lipinski definition) is 1. The minimum Gasteiger partial charge on any atom is -0.395 e. The van der Waals surface area contributed by atoms with Crippen LogP contribution in [0, 0.1) is 0 Å². The maximum atomic E-state index is 9.27. The Morgan fingerprint density at radius 1 is 1.56 bits per heavy atom. The van der Waals surface area contributed by atoms with E-state index in [1.807, 2.05) is 12.4 Å². The van der Waals surface area contributed by atoms with Gasteiger partial charge in [-0.3, -0.25) is 4.90 Å². The maximum absolute atomic E-state index is 9.27. The highest BCUT2D eigenvalue weighted by atomic mass is 16.3. The molecule has 0 bridgehead atoms. The first kappa shape index (κ1) is 11.6. The number of aliphatic hydroxyl groups excluding tert-OH is 1. The van der Waals surface area contributed by atoms with Gasteiger partial charge in [0, 0.05) is 24.5 Å². The average Bonchev–Trinajstić information content (AvgIpc) is 2.86. The van der Waals surface area contributed by atoms with Crippen molar-refractivity contribution in [3.05, 3.63) is 18.2 Å². The smallest absolute Gasteiger partial charge is 0.123 e. The minimum absolute atomic E-state index is 0.266. The van der Waals surface area contributed by atoms with Crippen LogP contribution in [0.4, 0.5) is 0 Å². The number of rotatable bonds is 4. The zero-order valence-electron chi connectivity index (χ0n) is 10.1. The lowest BCUT2D eigenvalue weighted by molar-refractivity contribution is 0.149. The fourth-order valence-electron chi connectivity index (χ4n) is 2.43. The second-order valence-electron chi connectivity index (χ2n) is 4.79. The van der Waals surface area contributed by atoms with Gasteiger partial charge in [0.1, 0.15) is 5.82 Å². The number of hydrogen-bond acceptors (Lipinski definition) is 3. The molecule has 1 fully saturated rings. The minimum atomic E-state index is 0.266. The lowest BCUT2D eigenvalue weighted by Crippen LogP contribution is -2.32. The van der Waals surface area contributed by atoms with Crippen LogP contribution in [0.1, 0.15) is 38.6 Å². The molecule has 1 aliphatic heterocycles. The Hall–Kier alpha value is -0.870. The van der Waals surface area contributed by atoms with Crippen molar-refractivity contribution in [1.29, 1.82) is 0 Å². The first-order valence-electron chi connectivity index (χ1n) is 6.09. The third-order valence-electron chi connectivity index (χ3n) is 3.36. The molecule has 0 spiro atoms. The van der Waals surface area contributed by atoms with Crippen LogP contribution >= 0.6 is 0 Å². The molecule has 0 amide bonds. The zero-order chi connectivity index (χ0) is 11.5. The van der Waals surface area contributed by atoms with E-state index in [2.05, 4.69) is 28.3 Å². The molecule has 1 aromatic heterocycles. The van der Waals surface area contributed by atoms with E-state index in [0.29, 0.717) is 12.1 Å². The van der Waals surface area contributed by atoms with E-state index in [1.165, 1.54) is 6.42 Å². The fraction of sp³-hybridized carbons (Fsp3) is 0.750. The van der Waals surface area contributed by atoms with Gasteiger partial charge in [-0.05, 0) is 33.2 Å². The topological polar surface area (TPSA) is 41.3 Å². The molecule has 1 aromatic rings. The van der Waals surface area contributed by atoms with Crippen molar-refractivity contribution in [1.82, 2.24) is 14.5 Å². The van der Waals surface area contributed by atoms with Gasteiger partial charge < -0.3 is 9.67 Å². The van der Waals surface area contributed by atoms with Gasteiger partial charge in [0.05, 0.1) is 13.2 Å². The van der Waals surface area contributed by atoms with Crippen molar-refractivity contribution in [2.45, 2.75) is 45.3 Å². The van der Waals surface area contributed by atoms with E-state index in [9.17, 15) is 5.11 Å². The SMILES string of the molecule is CC(C)n1ccnc1CN1CCCC1CO. The van der Waals surface area contributed by atoms with Crippen LogP contribution in [-0.2, 0) is 6.54 Å². The summed E-state index contributed by atoms with van der Waals surface area (Å²) in [5.74, 6) is 1.11. The highest BCUT2D eigenvalue weighted by molar-refractivity contribution is 4.96. The van der Waals surface area contributed by atoms with Crippen LogP contribution in [0.2, 0.25) is 0 Å². The second kappa shape index (κ2) is 4.97. The van der Waals surface area contributed by atoms with E-state index in [-0.39, 0.29) is 6.61 Å². The van der Waals surface area contributed by atoms with Crippen molar-refractivity contribution >= 4 is 0 Å². The molecule has 90 valence electrons. The molecule has 2 heterocycles. The number of nitrogens with zero attached hydrogens (tertiary/aromatic N) is 3. The third kappa shape index (κ3) is 2.28. The van der Waals surface area contributed by atoms with Crippen LogP contribution < -0.4 is 0 Å². The summed E-state index contributed by atoms with van der Waals surface area (Å²) in [5, 5.41) is 9.27. The predicted molar refractivity (Wildman–Crippen MR) is 63.1 cm³/mol. The molecular formula is C12H21N3O. The standard InChI is InChI=1S/C12H21N3O/c1-10(2)15-7-5-13-12(15)8-14-6-3-4-11(14)9-16/h5,7,10-11,16H,3-4,6,8-9H2,1-2H3. The van der Waals surface area contributed by atoms with E-state index in [1.54, 1.807) is 0 Å². The van der Waals surface area contributed by atoms with Crippen molar-refractivity contribution in [2.75, 3.05) is 13.2 Å². The van der Waals surface area contributed by atoms with Crippen LogP contribution in [0.3, 0.4) is 0 Å². The monoisotopic (exact) mass is 223 g/mol. The summed E-state index contributed by atoms with van der Waals surface area (Å²) in [6.07, 6.45) is 6.19.